The smallest absolute Gasteiger partial charge is 0.408 e. The lowest BCUT2D eigenvalue weighted by Gasteiger charge is -2.22. The quantitative estimate of drug-likeness (QED) is 0.0864. The van der Waals surface area contributed by atoms with Crippen LogP contribution < -0.4 is 10.6 Å². The number of alkyl carbamates (subject to hydrolysis) is 2. The van der Waals surface area contributed by atoms with E-state index in [1.54, 1.807) is 59.7 Å². The molecule has 0 aliphatic carbocycles. The molecule has 0 radical (unpaired) electrons. The summed E-state index contributed by atoms with van der Waals surface area (Å²) in [6.07, 6.45) is 2.13. The Kier molecular flexibility index (Phi) is 11.8. The normalized spacial score (nSPS) is 12.6. The molecule has 4 N–H and O–H groups in total. The third-order valence-corrected chi connectivity index (χ3v) is 6.49. The van der Waals surface area contributed by atoms with Crippen LogP contribution in [0.3, 0.4) is 0 Å². The van der Waals surface area contributed by atoms with Crippen LogP contribution in [-0.4, -0.2) is 77.4 Å². The van der Waals surface area contributed by atoms with E-state index in [0.717, 1.165) is 29.1 Å². The van der Waals surface area contributed by atoms with Gasteiger partial charge in [-0.2, -0.15) is 0 Å². The molecule has 2 amide bonds. The van der Waals surface area contributed by atoms with Gasteiger partial charge in [0.25, 0.3) is 0 Å². The molecule has 0 spiro atoms. The lowest BCUT2D eigenvalue weighted by molar-refractivity contribution is -0.143. The number of nitrogens with one attached hydrogen (secondary N) is 4. The topological polar surface area (TPSA) is 178 Å². The first-order valence-electron chi connectivity index (χ1n) is 14.8. The van der Waals surface area contributed by atoms with Crippen LogP contribution in [-0.2, 0) is 35.0 Å². The Morgan fingerprint density at radius 2 is 1.17 bits per heavy atom. The molecule has 0 aliphatic heterocycles. The number of esters is 2. The second-order valence-corrected chi connectivity index (χ2v) is 12.5. The van der Waals surface area contributed by atoms with Crippen LogP contribution in [0.1, 0.15) is 57.5 Å². The monoisotopic (exact) mass is 650 g/mol. The number of ketones is 1. The number of Topliss-reactive ketones (excluding diaryl/α,β-unsaturated/α-hetero) is 1. The Morgan fingerprint density at radius 1 is 0.681 bits per heavy atom. The van der Waals surface area contributed by atoms with Crippen LogP contribution in [0.2, 0.25) is 0 Å². The molecular formula is C34H42N4O9. The van der Waals surface area contributed by atoms with Crippen molar-refractivity contribution < 1.29 is 42.9 Å². The maximum atomic E-state index is 12.7. The van der Waals surface area contributed by atoms with Crippen molar-refractivity contribution in [3.8, 4) is 0 Å². The number of para-hydroxylation sites is 2. The first-order valence-corrected chi connectivity index (χ1v) is 14.8. The van der Waals surface area contributed by atoms with Gasteiger partial charge in [0.15, 0.2) is 11.8 Å². The highest BCUT2D eigenvalue weighted by atomic mass is 16.6. The Bertz CT molecular complexity index is 1730. The van der Waals surface area contributed by atoms with Gasteiger partial charge in [-0.25, -0.2) is 19.2 Å². The van der Waals surface area contributed by atoms with E-state index in [1.165, 1.54) is 13.3 Å². The summed E-state index contributed by atoms with van der Waals surface area (Å²) >= 11 is 0. The Hall–Kier alpha value is -5.33. The van der Waals surface area contributed by atoms with E-state index >= 15 is 0 Å². The number of methoxy groups -OCH3 is 2. The van der Waals surface area contributed by atoms with Gasteiger partial charge in [-0.05, 0) is 59.2 Å². The van der Waals surface area contributed by atoms with Gasteiger partial charge >= 0.3 is 24.1 Å². The zero-order valence-electron chi connectivity index (χ0n) is 27.8. The minimum atomic E-state index is -1.48. The van der Waals surface area contributed by atoms with Crippen LogP contribution in [0.4, 0.5) is 9.59 Å². The molecule has 47 heavy (non-hydrogen) atoms. The molecule has 0 aliphatic rings. The highest BCUT2D eigenvalue weighted by molar-refractivity contribution is 6.18. The highest BCUT2D eigenvalue weighted by Crippen LogP contribution is 2.21. The minimum absolute atomic E-state index is 0.289. The molecule has 0 saturated heterocycles. The van der Waals surface area contributed by atoms with Gasteiger partial charge in [0, 0.05) is 46.2 Å². The van der Waals surface area contributed by atoms with Crippen molar-refractivity contribution in [2.75, 3.05) is 14.2 Å². The molecule has 4 rings (SSSR count). The number of carbonyl (C=O) groups excluding carboxylic acids is 5. The number of H-pyrrole nitrogens is 2. The summed E-state index contributed by atoms with van der Waals surface area (Å²) in [6, 6.07) is 12.6. The van der Waals surface area contributed by atoms with E-state index in [2.05, 4.69) is 25.3 Å². The summed E-state index contributed by atoms with van der Waals surface area (Å²) in [5.41, 5.74) is 1.55. The maximum absolute atomic E-state index is 12.7. The molecule has 252 valence electrons. The Labute approximate surface area is 272 Å². The summed E-state index contributed by atoms with van der Waals surface area (Å²) in [7, 11) is 2.44. The molecular weight excluding hydrogens is 608 g/mol. The summed E-state index contributed by atoms with van der Waals surface area (Å²) in [5, 5.41) is 6.52. The van der Waals surface area contributed by atoms with Crippen LogP contribution in [0.25, 0.3) is 21.8 Å². The molecule has 2 atom stereocenters. The van der Waals surface area contributed by atoms with Crippen LogP contribution in [0, 0.1) is 0 Å². The zero-order valence-corrected chi connectivity index (χ0v) is 27.8. The molecule has 0 fully saturated rings. The number of hydrogen-bond acceptors (Lipinski definition) is 9. The van der Waals surface area contributed by atoms with Crippen molar-refractivity contribution >= 4 is 51.7 Å². The van der Waals surface area contributed by atoms with Gasteiger partial charge in [-0.1, -0.05) is 36.4 Å². The van der Waals surface area contributed by atoms with E-state index in [4.69, 9.17) is 14.2 Å². The van der Waals surface area contributed by atoms with E-state index in [9.17, 15) is 24.0 Å². The summed E-state index contributed by atoms with van der Waals surface area (Å²) in [5.74, 6) is -1.96. The Balaban J connectivity index is 0.000000256. The Morgan fingerprint density at radius 3 is 1.72 bits per heavy atom. The molecule has 0 saturated carbocycles. The fourth-order valence-corrected chi connectivity index (χ4v) is 4.51. The highest BCUT2D eigenvalue weighted by Gasteiger charge is 2.33. The number of carbonyl (C=O) groups is 5. The van der Waals surface area contributed by atoms with Crippen molar-refractivity contribution in [2.24, 2.45) is 0 Å². The standard InChI is InChI=1S/C17H20N2O5.C17H22N2O4/c1-17(2,3)24-16(22)19-13(15(21)23-4)14(20)11-9-18-12-8-6-5-7-10(11)12;1-17(2,3)23-16(21)19-14(15(20)22-4)9-11-10-18-13-8-6-5-7-12(11)13/h5-9,13,18H,1-4H3,(H,19,22);5-8,10,14,18H,9H2,1-4H3,(H,19,21). The van der Waals surface area contributed by atoms with Gasteiger partial charge in [0.1, 0.15) is 17.2 Å². The van der Waals surface area contributed by atoms with E-state index in [1.807, 2.05) is 36.5 Å². The number of fused-ring (bicyclic) bond motifs is 2. The SMILES string of the molecule is COC(=O)C(Cc1c[nH]c2ccccc12)NC(=O)OC(C)(C)C.COC(=O)C(NC(=O)OC(C)(C)C)C(=O)c1c[nH]c2ccccc12. The van der Waals surface area contributed by atoms with Crippen molar-refractivity contribution in [3.05, 3.63) is 72.1 Å². The van der Waals surface area contributed by atoms with Crippen molar-refractivity contribution in [3.63, 3.8) is 0 Å². The van der Waals surface area contributed by atoms with Gasteiger partial charge < -0.3 is 39.5 Å². The number of rotatable bonds is 8. The maximum Gasteiger partial charge on any atom is 0.408 e. The van der Waals surface area contributed by atoms with Gasteiger partial charge in [-0.15, -0.1) is 0 Å². The van der Waals surface area contributed by atoms with E-state index in [0.29, 0.717) is 11.8 Å². The summed E-state index contributed by atoms with van der Waals surface area (Å²) in [4.78, 5) is 66.6. The van der Waals surface area contributed by atoms with Crippen LogP contribution in [0.15, 0.2) is 60.9 Å². The second-order valence-electron chi connectivity index (χ2n) is 12.5. The minimum Gasteiger partial charge on any atom is -0.467 e. The first kappa shape index (κ1) is 36.1. The third kappa shape index (κ3) is 10.3. The van der Waals surface area contributed by atoms with Crippen LogP contribution >= 0.6 is 0 Å². The lowest BCUT2D eigenvalue weighted by Crippen LogP contribution is -2.48. The molecule has 4 aromatic rings. The number of aromatic nitrogens is 2. The average molecular weight is 651 g/mol. The van der Waals surface area contributed by atoms with Gasteiger partial charge in [-0.3, -0.25) is 4.79 Å². The molecule has 13 heteroatoms. The number of ether oxygens (including phenoxy) is 4. The molecule has 0 bridgehead atoms. The largest absolute Gasteiger partial charge is 0.467 e. The molecule has 2 aromatic carbocycles. The molecule has 13 nitrogen and oxygen atoms in total. The van der Waals surface area contributed by atoms with Crippen molar-refractivity contribution in [1.29, 1.82) is 0 Å². The molecule has 2 aromatic heterocycles. The number of aromatic amines is 2. The van der Waals surface area contributed by atoms with Gasteiger partial charge in [0.05, 0.1) is 14.2 Å². The lowest BCUT2D eigenvalue weighted by atomic mass is 10.0. The van der Waals surface area contributed by atoms with Gasteiger partial charge in [0.2, 0.25) is 0 Å². The number of hydrogen-bond donors (Lipinski definition) is 4. The molecule has 2 heterocycles. The fraction of sp³-hybridized carbons (Fsp3) is 0.382. The van der Waals surface area contributed by atoms with E-state index < -0.39 is 53.2 Å². The van der Waals surface area contributed by atoms with Crippen molar-refractivity contribution in [1.82, 2.24) is 20.6 Å². The summed E-state index contributed by atoms with van der Waals surface area (Å²) < 4.78 is 19.7. The van der Waals surface area contributed by atoms with Crippen molar-refractivity contribution in [2.45, 2.75) is 71.2 Å². The predicted octanol–water partition coefficient (Wildman–Crippen LogP) is 5.19. The zero-order chi connectivity index (χ0) is 34.9. The first-order chi connectivity index (χ1) is 22.0. The number of benzene rings is 2. The van der Waals surface area contributed by atoms with Crippen LogP contribution in [0.5, 0.6) is 0 Å². The average Bonchev–Trinajstić information content (AvgIpc) is 3.61. The second kappa shape index (κ2) is 15.3. The third-order valence-electron chi connectivity index (χ3n) is 6.49. The number of amides is 2. The fourth-order valence-electron chi connectivity index (χ4n) is 4.51. The molecule has 2 unspecified atom stereocenters. The summed E-state index contributed by atoms with van der Waals surface area (Å²) in [6.45, 7) is 10.3. The van der Waals surface area contributed by atoms with E-state index in [-0.39, 0.29) is 5.56 Å². The predicted molar refractivity (Wildman–Crippen MR) is 175 cm³/mol.